The van der Waals surface area contributed by atoms with Gasteiger partial charge < -0.3 is 20.4 Å². The number of aromatic nitrogens is 3. The number of likely N-dealkylation sites (N-methyl/N-ethyl adjacent to an activating group) is 1. The largest absolute Gasteiger partial charge is 0.364 e. The van der Waals surface area contributed by atoms with Crippen molar-refractivity contribution in [2.75, 3.05) is 43.4 Å². The fourth-order valence-electron chi connectivity index (χ4n) is 4.82. The summed E-state index contributed by atoms with van der Waals surface area (Å²) in [4.78, 5) is 22.8. The molecule has 0 radical (unpaired) electrons. The predicted molar refractivity (Wildman–Crippen MR) is 150 cm³/mol. The molecule has 1 fully saturated rings. The molecule has 196 valence electrons. The standard InChI is InChI=1S/C27H41N7OS/c1-6-21-15-10-11-17-33(21)18-12-16-28-22(35)19-32(5)26-31-34-24(30-27(2,3)4)23(29-25(34)36-26)20-13-8-7-9-14-20/h7-9,13-14,21,30H,6,10-12,15-19H2,1-5H3,(H,28,35). The number of nitrogens with one attached hydrogen (secondary N) is 2. The third-order valence-corrected chi connectivity index (χ3v) is 7.63. The third kappa shape index (κ3) is 6.56. The second kappa shape index (κ2) is 11.6. The summed E-state index contributed by atoms with van der Waals surface area (Å²) in [5, 5.41) is 12.3. The number of carbonyl (C=O) groups excluding carboxylic acids is 1. The Morgan fingerprint density at radius 1 is 1.22 bits per heavy atom. The predicted octanol–water partition coefficient (Wildman–Crippen LogP) is 4.88. The molecule has 36 heavy (non-hydrogen) atoms. The van der Waals surface area contributed by atoms with Gasteiger partial charge in [-0.15, -0.1) is 5.10 Å². The molecule has 3 aromatic rings. The van der Waals surface area contributed by atoms with Crippen molar-refractivity contribution < 1.29 is 4.79 Å². The van der Waals surface area contributed by atoms with Crippen molar-refractivity contribution in [1.82, 2.24) is 24.8 Å². The van der Waals surface area contributed by atoms with Crippen LogP contribution < -0.4 is 15.5 Å². The molecule has 3 heterocycles. The minimum absolute atomic E-state index is 0.0223. The van der Waals surface area contributed by atoms with Crippen LogP contribution in [-0.2, 0) is 4.79 Å². The number of imidazole rings is 1. The number of hydrogen-bond donors (Lipinski definition) is 2. The number of carbonyl (C=O) groups is 1. The Morgan fingerprint density at radius 2 is 2.00 bits per heavy atom. The highest BCUT2D eigenvalue weighted by Crippen LogP contribution is 2.34. The van der Waals surface area contributed by atoms with Gasteiger partial charge in [-0.3, -0.25) is 4.79 Å². The van der Waals surface area contributed by atoms with Crippen LogP contribution in [0.5, 0.6) is 0 Å². The van der Waals surface area contributed by atoms with E-state index in [2.05, 4.69) is 55.4 Å². The number of likely N-dealkylation sites (tertiary alicyclic amines) is 1. The number of hydrogen-bond acceptors (Lipinski definition) is 7. The molecule has 0 bridgehead atoms. The molecule has 8 nitrogen and oxygen atoms in total. The number of rotatable bonds is 10. The summed E-state index contributed by atoms with van der Waals surface area (Å²) < 4.78 is 1.87. The van der Waals surface area contributed by atoms with Crippen molar-refractivity contribution >= 4 is 33.2 Å². The normalized spacial score (nSPS) is 16.9. The quantitative estimate of drug-likeness (QED) is 0.378. The lowest BCUT2D eigenvalue weighted by molar-refractivity contribution is -0.119. The molecule has 1 aliphatic heterocycles. The number of piperidine rings is 1. The van der Waals surface area contributed by atoms with E-state index in [1.165, 1.54) is 43.6 Å². The van der Waals surface area contributed by atoms with Gasteiger partial charge in [-0.05, 0) is 53.0 Å². The van der Waals surface area contributed by atoms with Gasteiger partial charge >= 0.3 is 0 Å². The average molecular weight is 512 g/mol. The van der Waals surface area contributed by atoms with E-state index in [1.807, 2.05) is 34.7 Å². The fraction of sp³-hybridized carbons (Fsp3) is 0.593. The van der Waals surface area contributed by atoms with E-state index in [0.29, 0.717) is 12.6 Å². The van der Waals surface area contributed by atoms with Gasteiger partial charge in [0.15, 0.2) is 5.82 Å². The molecule has 1 unspecified atom stereocenters. The number of amides is 1. The van der Waals surface area contributed by atoms with Crippen LogP contribution in [0.2, 0.25) is 0 Å². The van der Waals surface area contributed by atoms with Crippen molar-refractivity contribution in [3.63, 3.8) is 0 Å². The van der Waals surface area contributed by atoms with E-state index in [1.54, 1.807) is 0 Å². The van der Waals surface area contributed by atoms with Crippen molar-refractivity contribution in [3.05, 3.63) is 30.3 Å². The van der Waals surface area contributed by atoms with Crippen molar-refractivity contribution in [1.29, 1.82) is 0 Å². The molecule has 2 aromatic heterocycles. The monoisotopic (exact) mass is 511 g/mol. The highest BCUT2D eigenvalue weighted by atomic mass is 32.1. The fourth-order valence-corrected chi connectivity index (χ4v) is 5.68. The molecule has 0 spiro atoms. The maximum atomic E-state index is 12.6. The van der Waals surface area contributed by atoms with E-state index in [0.717, 1.165) is 40.1 Å². The van der Waals surface area contributed by atoms with Crippen LogP contribution in [0.25, 0.3) is 16.2 Å². The second-order valence-corrected chi connectivity index (χ2v) is 11.7. The Balaban J connectivity index is 1.37. The Hall–Kier alpha value is -2.65. The van der Waals surface area contributed by atoms with E-state index in [9.17, 15) is 4.79 Å². The van der Waals surface area contributed by atoms with Crippen molar-refractivity contribution in [2.24, 2.45) is 0 Å². The van der Waals surface area contributed by atoms with E-state index in [4.69, 9.17) is 10.1 Å². The minimum atomic E-state index is -0.152. The van der Waals surface area contributed by atoms with Gasteiger partial charge in [0.05, 0.1) is 6.54 Å². The molecule has 1 saturated heterocycles. The van der Waals surface area contributed by atoms with Crippen LogP contribution in [-0.4, -0.2) is 70.2 Å². The zero-order chi connectivity index (χ0) is 25.7. The molecule has 1 atom stereocenters. The molecule has 2 N–H and O–H groups in total. The minimum Gasteiger partial charge on any atom is -0.364 e. The summed E-state index contributed by atoms with van der Waals surface area (Å²) >= 11 is 1.49. The Morgan fingerprint density at radius 3 is 2.72 bits per heavy atom. The number of anilines is 2. The smallest absolute Gasteiger partial charge is 0.239 e. The SMILES string of the molecule is CCC1CCCCN1CCCNC(=O)CN(C)c1nn2c(NC(C)(C)C)c(-c3ccccc3)nc2s1. The maximum absolute atomic E-state index is 12.6. The van der Waals surface area contributed by atoms with E-state index >= 15 is 0 Å². The molecule has 1 aliphatic rings. The van der Waals surface area contributed by atoms with Crippen LogP contribution in [0.3, 0.4) is 0 Å². The lowest BCUT2D eigenvalue weighted by atomic mass is 10.00. The first-order valence-electron chi connectivity index (χ1n) is 13.2. The first-order chi connectivity index (χ1) is 17.2. The molecule has 1 amide bonds. The highest BCUT2D eigenvalue weighted by molar-refractivity contribution is 7.20. The molecule has 0 saturated carbocycles. The van der Waals surface area contributed by atoms with Crippen LogP contribution in [0.4, 0.5) is 10.9 Å². The lowest BCUT2D eigenvalue weighted by Crippen LogP contribution is -2.41. The van der Waals surface area contributed by atoms with Gasteiger partial charge in [-0.1, -0.05) is 55.0 Å². The zero-order valence-electron chi connectivity index (χ0n) is 22.4. The Bertz CT molecular complexity index is 1130. The van der Waals surface area contributed by atoms with Crippen molar-refractivity contribution in [2.45, 2.75) is 71.4 Å². The van der Waals surface area contributed by atoms with Gasteiger partial charge in [0.25, 0.3) is 0 Å². The average Bonchev–Trinajstić information content (AvgIpc) is 3.41. The molecular weight excluding hydrogens is 470 g/mol. The summed E-state index contributed by atoms with van der Waals surface area (Å²) in [6.45, 7) is 11.9. The molecule has 1 aromatic carbocycles. The van der Waals surface area contributed by atoms with E-state index in [-0.39, 0.29) is 18.0 Å². The van der Waals surface area contributed by atoms with Gasteiger partial charge in [-0.2, -0.15) is 4.52 Å². The molecule has 4 rings (SSSR count). The Labute approximate surface area is 219 Å². The first kappa shape index (κ1) is 26.4. The summed E-state index contributed by atoms with van der Waals surface area (Å²) in [6.07, 6.45) is 6.16. The maximum Gasteiger partial charge on any atom is 0.239 e. The third-order valence-electron chi connectivity index (χ3n) is 6.61. The Kier molecular flexibility index (Phi) is 8.51. The summed E-state index contributed by atoms with van der Waals surface area (Å²) in [6, 6.07) is 10.9. The van der Waals surface area contributed by atoms with Crippen molar-refractivity contribution in [3.8, 4) is 11.3 Å². The van der Waals surface area contributed by atoms with Crippen LogP contribution >= 0.6 is 11.3 Å². The molecule has 0 aliphatic carbocycles. The van der Waals surface area contributed by atoms with E-state index < -0.39 is 0 Å². The van der Waals surface area contributed by atoms with Gasteiger partial charge in [0.2, 0.25) is 16.0 Å². The van der Waals surface area contributed by atoms with Gasteiger partial charge in [0.1, 0.15) is 5.69 Å². The summed E-state index contributed by atoms with van der Waals surface area (Å²) in [5.74, 6) is 0.890. The van der Waals surface area contributed by atoms with Gasteiger partial charge in [0, 0.05) is 37.3 Å². The molecule has 9 heteroatoms. The zero-order valence-corrected chi connectivity index (χ0v) is 23.2. The van der Waals surface area contributed by atoms with Gasteiger partial charge in [-0.25, -0.2) is 4.98 Å². The first-order valence-corrected chi connectivity index (χ1v) is 14.0. The van der Waals surface area contributed by atoms with Crippen LogP contribution in [0, 0.1) is 0 Å². The second-order valence-electron chi connectivity index (χ2n) is 10.8. The van der Waals surface area contributed by atoms with Crippen LogP contribution in [0.1, 0.15) is 59.8 Å². The lowest BCUT2D eigenvalue weighted by Gasteiger charge is -2.35. The number of fused-ring (bicyclic) bond motifs is 1. The molecular formula is C27H41N7OS. The highest BCUT2D eigenvalue weighted by Gasteiger charge is 2.23. The van der Waals surface area contributed by atoms with Crippen LogP contribution in [0.15, 0.2) is 30.3 Å². The summed E-state index contributed by atoms with van der Waals surface area (Å²) in [7, 11) is 1.91. The number of benzene rings is 1. The summed E-state index contributed by atoms with van der Waals surface area (Å²) in [5.41, 5.74) is 1.78. The number of nitrogens with zero attached hydrogens (tertiary/aromatic N) is 5. The topological polar surface area (TPSA) is 77.8 Å².